The van der Waals surface area contributed by atoms with Crippen LogP contribution in [0.4, 0.5) is 0 Å². The molecule has 0 aliphatic carbocycles. The number of para-hydroxylation sites is 1. The van der Waals surface area contributed by atoms with Crippen LogP contribution >= 0.6 is 0 Å². The number of aromatic nitrogens is 2. The second-order valence-electron chi connectivity index (χ2n) is 11.8. The molecule has 0 amide bonds. The highest BCUT2D eigenvalue weighted by atomic mass is 16.5. The molecule has 1 aliphatic heterocycles. The maximum Gasteiger partial charge on any atom is 0.132 e. The highest BCUT2D eigenvalue weighted by Crippen LogP contribution is 2.49. The van der Waals surface area contributed by atoms with Crippen LogP contribution in [-0.4, -0.2) is 9.97 Å². The van der Waals surface area contributed by atoms with Gasteiger partial charge in [0.25, 0.3) is 0 Å². The predicted molar refractivity (Wildman–Crippen MR) is 177 cm³/mol. The van der Waals surface area contributed by atoms with Gasteiger partial charge < -0.3 is 4.74 Å². The zero-order chi connectivity index (χ0) is 29.8. The first kappa shape index (κ1) is 25.9. The van der Waals surface area contributed by atoms with E-state index in [-0.39, 0.29) is 5.41 Å². The average Bonchev–Trinajstić information content (AvgIpc) is 3.07. The molecule has 0 fully saturated rings. The van der Waals surface area contributed by atoms with E-state index in [9.17, 15) is 5.26 Å². The molecule has 3 heterocycles. The second kappa shape index (κ2) is 9.90. The summed E-state index contributed by atoms with van der Waals surface area (Å²) in [5.74, 6) is 1.76. The highest BCUT2D eigenvalue weighted by molar-refractivity contribution is 6.03. The van der Waals surface area contributed by atoms with E-state index in [1.807, 2.05) is 48.7 Å². The van der Waals surface area contributed by atoms with Crippen molar-refractivity contribution in [3.63, 3.8) is 0 Å². The van der Waals surface area contributed by atoms with Crippen LogP contribution in [0, 0.1) is 11.3 Å². The molecule has 0 unspecified atom stereocenters. The predicted octanol–water partition coefficient (Wildman–Crippen LogP) is 10.1. The molecule has 208 valence electrons. The maximum absolute atomic E-state index is 9.61. The number of hydrogen-bond acceptors (Lipinski definition) is 4. The lowest BCUT2D eigenvalue weighted by molar-refractivity contribution is 0.418. The summed E-state index contributed by atoms with van der Waals surface area (Å²) in [5.41, 5.74) is 10.5. The summed E-state index contributed by atoms with van der Waals surface area (Å²) in [6, 6.07) is 43.7. The van der Waals surface area contributed by atoms with Crippen molar-refractivity contribution < 1.29 is 4.74 Å². The standard InChI is InChI=1S/C40H27N3O/c1-40(2)33-10-3-4-11-36(33)44-37-23-29(14-16-34(37)40)31-20-30(28-8-5-7-25(19-28)24-41)21-32(22-31)35-17-15-27-13-12-26-9-6-18-42-38(26)39(27)43-35/h3-23H,1-2H3. The Morgan fingerprint density at radius 3 is 2.16 bits per heavy atom. The molecule has 0 N–H and O–H groups in total. The van der Waals surface area contributed by atoms with Crippen molar-refractivity contribution in [3.8, 4) is 51.1 Å². The van der Waals surface area contributed by atoms with Gasteiger partial charge in [0, 0.05) is 39.1 Å². The smallest absolute Gasteiger partial charge is 0.132 e. The van der Waals surface area contributed by atoms with Crippen molar-refractivity contribution in [2.75, 3.05) is 0 Å². The number of hydrogen-bond donors (Lipinski definition) is 0. The van der Waals surface area contributed by atoms with Gasteiger partial charge in [0.1, 0.15) is 11.5 Å². The molecule has 1 aliphatic rings. The van der Waals surface area contributed by atoms with E-state index in [0.29, 0.717) is 5.56 Å². The molecule has 8 rings (SSSR count). The highest BCUT2D eigenvalue weighted by Gasteiger charge is 2.34. The summed E-state index contributed by atoms with van der Waals surface area (Å²) in [4.78, 5) is 9.81. The fraction of sp³-hybridized carbons (Fsp3) is 0.0750. The largest absolute Gasteiger partial charge is 0.457 e. The normalized spacial score (nSPS) is 13.1. The topological polar surface area (TPSA) is 58.8 Å². The van der Waals surface area contributed by atoms with Gasteiger partial charge in [-0.1, -0.05) is 80.6 Å². The van der Waals surface area contributed by atoms with E-state index < -0.39 is 0 Å². The Labute approximate surface area is 255 Å². The summed E-state index contributed by atoms with van der Waals surface area (Å²) in [5, 5.41) is 11.7. The first-order valence-electron chi connectivity index (χ1n) is 14.7. The Balaban J connectivity index is 1.32. The van der Waals surface area contributed by atoms with E-state index in [4.69, 9.17) is 9.72 Å². The zero-order valence-electron chi connectivity index (χ0n) is 24.4. The van der Waals surface area contributed by atoms with Crippen LogP contribution in [-0.2, 0) is 5.41 Å². The number of rotatable bonds is 3. The number of ether oxygens (including phenoxy) is 1. The molecule has 0 radical (unpaired) electrons. The summed E-state index contributed by atoms with van der Waals surface area (Å²) >= 11 is 0. The van der Waals surface area contributed by atoms with Gasteiger partial charge in [0.05, 0.1) is 28.4 Å². The van der Waals surface area contributed by atoms with Crippen LogP contribution in [0.2, 0.25) is 0 Å². The number of nitrogens with zero attached hydrogens (tertiary/aromatic N) is 3. The summed E-state index contributed by atoms with van der Waals surface area (Å²) < 4.78 is 6.47. The first-order chi connectivity index (χ1) is 21.5. The molecular weight excluding hydrogens is 538 g/mol. The minimum Gasteiger partial charge on any atom is -0.457 e. The van der Waals surface area contributed by atoms with Gasteiger partial charge in [-0.25, -0.2) is 4.98 Å². The van der Waals surface area contributed by atoms with Crippen LogP contribution < -0.4 is 4.74 Å². The Kier molecular flexibility index (Phi) is 5.82. The third kappa shape index (κ3) is 4.21. The zero-order valence-corrected chi connectivity index (χ0v) is 24.4. The van der Waals surface area contributed by atoms with Gasteiger partial charge in [-0.15, -0.1) is 0 Å². The van der Waals surface area contributed by atoms with Crippen LogP contribution in [0.3, 0.4) is 0 Å². The minimum absolute atomic E-state index is 0.181. The first-order valence-corrected chi connectivity index (χ1v) is 14.7. The second-order valence-corrected chi connectivity index (χ2v) is 11.8. The summed E-state index contributed by atoms with van der Waals surface area (Å²) in [7, 11) is 0. The Bertz CT molecular complexity index is 2310. The molecule has 2 aromatic heterocycles. The SMILES string of the molecule is CC1(C)c2ccccc2Oc2cc(-c3cc(-c4cccc(C#N)c4)cc(-c4ccc5ccc6cccnc6c5n4)c3)ccc21. The quantitative estimate of drug-likeness (QED) is 0.200. The molecule has 0 spiro atoms. The van der Waals surface area contributed by atoms with Crippen molar-refractivity contribution in [2.45, 2.75) is 19.3 Å². The number of pyridine rings is 2. The van der Waals surface area contributed by atoms with E-state index in [1.165, 1.54) is 5.56 Å². The van der Waals surface area contributed by atoms with Gasteiger partial charge in [-0.05, 0) is 76.9 Å². The minimum atomic E-state index is -0.181. The molecule has 7 aromatic rings. The van der Waals surface area contributed by atoms with Crippen LogP contribution in [0.15, 0.2) is 128 Å². The van der Waals surface area contributed by atoms with Crippen LogP contribution in [0.5, 0.6) is 11.5 Å². The third-order valence-electron chi connectivity index (χ3n) is 8.75. The van der Waals surface area contributed by atoms with Crippen LogP contribution in [0.25, 0.3) is 55.3 Å². The molecule has 44 heavy (non-hydrogen) atoms. The number of benzene rings is 5. The summed E-state index contributed by atoms with van der Waals surface area (Å²) in [6.07, 6.45) is 1.81. The van der Waals surface area contributed by atoms with Gasteiger partial charge in [0.2, 0.25) is 0 Å². The Hall–Kier alpha value is -5.79. The van der Waals surface area contributed by atoms with E-state index >= 15 is 0 Å². The third-order valence-corrected chi connectivity index (χ3v) is 8.75. The van der Waals surface area contributed by atoms with Gasteiger partial charge in [-0.2, -0.15) is 5.26 Å². The van der Waals surface area contributed by atoms with Crippen molar-refractivity contribution >= 4 is 21.8 Å². The lowest BCUT2D eigenvalue weighted by Crippen LogP contribution is -2.24. The molecule has 0 saturated heterocycles. The molecule has 4 heteroatoms. The Morgan fingerprint density at radius 2 is 1.32 bits per heavy atom. The lowest BCUT2D eigenvalue weighted by atomic mass is 9.75. The van der Waals surface area contributed by atoms with E-state index in [1.54, 1.807) is 0 Å². The molecule has 5 aromatic carbocycles. The Morgan fingerprint density at radius 1 is 0.591 bits per heavy atom. The molecular formula is C40H27N3O. The molecule has 0 atom stereocenters. The van der Waals surface area contributed by atoms with Crippen molar-refractivity contribution in [3.05, 3.63) is 144 Å². The summed E-state index contributed by atoms with van der Waals surface area (Å²) in [6.45, 7) is 4.50. The molecule has 4 nitrogen and oxygen atoms in total. The molecule has 0 saturated carbocycles. The number of nitriles is 1. The maximum atomic E-state index is 9.61. The van der Waals surface area contributed by atoms with Crippen molar-refractivity contribution in [1.29, 1.82) is 5.26 Å². The van der Waals surface area contributed by atoms with E-state index in [0.717, 1.165) is 72.4 Å². The average molecular weight is 566 g/mol. The van der Waals surface area contributed by atoms with Gasteiger partial charge in [-0.3, -0.25) is 4.98 Å². The van der Waals surface area contributed by atoms with Crippen molar-refractivity contribution in [1.82, 2.24) is 9.97 Å². The van der Waals surface area contributed by atoms with E-state index in [2.05, 4.69) is 104 Å². The molecule has 0 bridgehead atoms. The fourth-order valence-electron chi connectivity index (χ4n) is 6.40. The monoisotopic (exact) mass is 565 g/mol. The van der Waals surface area contributed by atoms with Crippen molar-refractivity contribution in [2.24, 2.45) is 0 Å². The van der Waals surface area contributed by atoms with Crippen LogP contribution in [0.1, 0.15) is 30.5 Å². The van der Waals surface area contributed by atoms with Gasteiger partial charge >= 0.3 is 0 Å². The number of fused-ring (bicyclic) bond motifs is 5. The van der Waals surface area contributed by atoms with Gasteiger partial charge in [0.15, 0.2) is 0 Å². The lowest BCUT2D eigenvalue weighted by Gasteiger charge is -2.34. The fourth-order valence-corrected chi connectivity index (χ4v) is 6.40.